The molecule has 0 saturated carbocycles. The number of hydrogen-bond donors (Lipinski definition) is 0. The molecule has 5 nitrogen and oxygen atoms in total. The van der Waals surface area contributed by atoms with Crippen LogP contribution in [0.25, 0.3) is 0 Å². The molecule has 116 valence electrons. The van der Waals surface area contributed by atoms with Crippen LogP contribution in [0.15, 0.2) is 52.2 Å². The van der Waals surface area contributed by atoms with E-state index in [0.29, 0.717) is 17.6 Å². The SMILES string of the molecule is CC(C)C1=CC2C=NC(CSOc3ccc(C#N)nn3)=C2C=C1. The van der Waals surface area contributed by atoms with Crippen molar-refractivity contribution in [3.63, 3.8) is 0 Å². The summed E-state index contributed by atoms with van der Waals surface area (Å²) in [5.74, 6) is 1.83. The average Bonchev–Trinajstić information content (AvgIpc) is 2.98. The maximum Gasteiger partial charge on any atom is 0.247 e. The third kappa shape index (κ3) is 3.51. The van der Waals surface area contributed by atoms with Crippen molar-refractivity contribution in [2.75, 3.05) is 5.75 Å². The molecule has 2 aliphatic rings. The van der Waals surface area contributed by atoms with Crippen LogP contribution >= 0.6 is 12.0 Å². The second-order valence-electron chi connectivity index (χ2n) is 5.57. The summed E-state index contributed by atoms with van der Waals surface area (Å²) in [6, 6.07) is 5.14. The van der Waals surface area contributed by atoms with Gasteiger partial charge in [-0.3, -0.25) is 4.99 Å². The summed E-state index contributed by atoms with van der Waals surface area (Å²) in [6.07, 6.45) is 8.58. The number of aromatic nitrogens is 2. The van der Waals surface area contributed by atoms with Crippen LogP contribution in [-0.2, 0) is 0 Å². The molecule has 1 aromatic heterocycles. The van der Waals surface area contributed by atoms with Crippen LogP contribution in [0, 0.1) is 23.2 Å². The van der Waals surface area contributed by atoms with E-state index in [1.165, 1.54) is 23.2 Å². The molecule has 1 atom stereocenters. The van der Waals surface area contributed by atoms with Gasteiger partial charge >= 0.3 is 0 Å². The Morgan fingerprint density at radius 3 is 2.87 bits per heavy atom. The minimum absolute atomic E-state index is 0.274. The van der Waals surface area contributed by atoms with Gasteiger partial charge in [-0.25, -0.2) is 0 Å². The second kappa shape index (κ2) is 6.80. The zero-order valence-corrected chi connectivity index (χ0v) is 13.7. The summed E-state index contributed by atoms with van der Waals surface area (Å²) in [4.78, 5) is 4.51. The maximum atomic E-state index is 8.68. The van der Waals surface area contributed by atoms with E-state index in [1.807, 2.05) is 12.3 Å². The molecular weight excluding hydrogens is 308 g/mol. The van der Waals surface area contributed by atoms with Gasteiger partial charge in [0.05, 0.1) is 23.5 Å². The molecule has 0 radical (unpaired) electrons. The highest BCUT2D eigenvalue weighted by atomic mass is 32.2. The van der Waals surface area contributed by atoms with Crippen LogP contribution in [0.5, 0.6) is 5.88 Å². The van der Waals surface area contributed by atoms with E-state index in [0.717, 1.165) is 5.70 Å². The first kappa shape index (κ1) is 15.5. The predicted octanol–water partition coefficient (Wildman–Crippen LogP) is 3.48. The van der Waals surface area contributed by atoms with Crippen LogP contribution in [0.2, 0.25) is 0 Å². The van der Waals surface area contributed by atoms with Gasteiger partial charge in [-0.05, 0) is 23.1 Å². The quantitative estimate of drug-likeness (QED) is 0.775. The van der Waals surface area contributed by atoms with Crippen LogP contribution < -0.4 is 4.18 Å². The van der Waals surface area contributed by atoms with E-state index in [9.17, 15) is 0 Å². The topological polar surface area (TPSA) is 71.2 Å². The lowest BCUT2D eigenvalue weighted by atomic mass is 9.88. The Morgan fingerprint density at radius 2 is 2.17 bits per heavy atom. The molecule has 0 amide bonds. The standard InChI is InChI=1S/C17H16N4OS/c1-11(2)12-3-5-15-13(7-12)9-19-16(15)10-23-22-17-6-4-14(8-18)20-21-17/h3-7,9,11,13H,10H2,1-2H3. The zero-order chi connectivity index (χ0) is 16.2. The number of nitrogens with zero attached hydrogens (tertiary/aromatic N) is 4. The smallest absolute Gasteiger partial charge is 0.247 e. The molecule has 6 heteroatoms. The highest BCUT2D eigenvalue weighted by Crippen LogP contribution is 2.33. The van der Waals surface area contributed by atoms with Gasteiger partial charge in [0.2, 0.25) is 5.88 Å². The van der Waals surface area contributed by atoms with Gasteiger partial charge in [0.1, 0.15) is 6.07 Å². The summed E-state index contributed by atoms with van der Waals surface area (Å²) in [6.45, 7) is 4.39. The normalized spacial score (nSPS) is 18.9. The Morgan fingerprint density at radius 1 is 1.30 bits per heavy atom. The van der Waals surface area contributed by atoms with Gasteiger partial charge in [0, 0.05) is 18.2 Å². The monoisotopic (exact) mass is 324 g/mol. The first-order chi connectivity index (χ1) is 11.2. The van der Waals surface area contributed by atoms with Crippen LogP contribution in [0.3, 0.4) is 0 Å². The van der Waals surface area contributed by atoms with Gasteiger partial charge in [0.25, 0.3) is 0 Å². The molecular formula is C17H16N4OS. The number of hydrogen-bond acceptors (Lipinski definition) is 6. The van der Waals surface area contributed by atoms with Crippen molar-refractivity contribution in [1.82, 2.24) is 10.2 Å². The molecule has 2 heterocycles. The predicted molar refractivity (Wildman–Crippen MR) is 90.9 cm³/mol. The Balaban J connectivity index is 1.59. The van der Waals surface area contributed by atoms with Crippen molar-refractivity contribution < 1.29 is 4.18 Å². The molecule has 0 N–H and O–H groups in total. The summed E-state index contributed by atoms with van der Waals surface area (Å²) in [5, 5.41) is 16.2. The van der Waals surface area contributed by atoms with Gasteiger partial charge < -0.3 is 4.18 Å². The minimum Gasteiger partial charge on any atom is -0.404 e. The van der Waals surface area contributed by atoms with Crippen molar-refractivity contribution in [3.8, 4) is 11.9 Å². The molecule has 0 bridgehead atoms. The van der Waals surface area contributed by atoms with Crippen molar-refractivity contribution in [2.24, 2.45) is 16.8 Å². The summed E-state index contributed by atoms with van der Waals surface area (Å²) in [5.41, 5.74) is 3.88. The van der Waals surface area contributed by atoms with Gasteiger partial charge in [-0.15, -0.1) is 10.2 Å². The third-order valence-electron chi connectivity index (χ3n) is 3.67. The van der Waals surface area contributed by atoms with Gasteiger partial charge in [0.15, 0.2) is 5.69 Å². The first-order valence-corrected chi connectivity index (χ1v) is 8.29. The van der Waals surface area contributed by atoms with E-state index in [1.54, 1.807) is 12.1 Å². The van der Waals surface area contributed by atoms with E-state index in [2.05, 4.69) is 47.3 Å². The van der Waals surface area contributed by atoms with Crippen molar-refractivity contribution in [3.05, 3.63) is 52.9 Å². The lowest BCUT2D eigenvalue weighted by Gasteiger charge is -2.16. The fourth-order valence-electron chi connectivity index (χ4n) is 2.38. The van der Waals surface area contributed by atoms with E-state index in [-0.39, 0.29) is 11.6 Å². The molecule has 1 aliphatic carbocycles. The maximum absolute atomic E-state index is 8.68. The van der Waals surface area contributed by atoms with Crippen molar-refractivity contribution >= 4 is 18.3 Å². The Labute approximate surface area is 139 Å². The molecule has 1 aromatic rings. The molecule has 23 heavy (non-hydrogen) atoms. The van der Waals surface area contributed by atoms with E-state index in [4.69, 9.17) is 9.44 Å². The van der Waals surface area contributed by atoms with Crippen LogP contribution in [0.1, 0.15) is 19.5 Å². The number of allylic oxidation sites excluding steroid dienone is 5. The molecule has 0 saturated heterocycles. The Bertz CT molecular complexity index is 754. The number of fused-ring (bicyclic) bond motifs is 1. The first-order valence-electron chi connectivity index (χ1n) is 7.37. The van der Waals surface area contributed by atoms with E-state index < -0.39 is 0 Å². The average molecular weight is 324 g/mol. The molecule has 3 rings (SSSR count). The second-order valence-corrected chi connectivity index (χ2v) is 6.27. The third-order valence-corrected chi connectivity index (χ3v) is 4.35. The number of nitriles is 1. The molecule has 1 aliphatic heterocycles. The fourth-order valence-corrected chi connectivity index (χ4v) is 3.00. The summed E-state index contributed by atoms with van der Waals surface area (Å²) >= 11 is 1.27. The van der Waals surface area contributed by atoms with Gasteiger partial charge in [-0.2, -0.15) is 5.26 Å². The van der Waals surface area contributed by atoms with Crippen molar-refractivity contribution in [1.29, 1.82) is 5.26 Å². The van der Waals surface area contributed by atoms with Crippen LogP contribution in [-0.4, -0.2) is 22.2 Å². The molecule has 0 aromatic carbocycles. The molecule has 0 fully saturated rings. The lowest BCUT2D eigenvalue weighted by Crippen LogP contribution is -2.06. The Hall–Kier alpha value is -2.39. The largest absolute Gasteiger partial charge is 0.404 e. The number of rotatable bonds is 5. The lowest BCUT2D eigenvalue weighted by molar-refractivity contribution is 0.601. The molecule has 0 spiro atoms. The highest BCUT2D eigenvalue weighted by Gasteiger charge is 2.22. The zero-order valence-electron chi connectivity index (χ0n) is 12.9. The fraction of sp³-hybridized carbons (Fsp3) is 0.294. The highest BCUT2D eigenvalue weighted by molar-refractivity contribution is 7.95. The summed E-state index contributed by atoms with van der Waals surface area (Å²) < 4.78 is 5.49. The molecule has 1 unspecified atom stereocenters. The minimum atomic E-state index is 0.274. The number of aliphatic imine (C=N–C) groups is 1. The van der Waals surface area contributed by atoms with Gasteiger partial charge in [-0.1, -0.05) is 32.1 Å². The summed E-state index contributed by atoms with van der Waals surface area (Å²) in [7, 11) is 0. The van der Waals surface area contributed by atoms with E-state index >= 15 is 0 Å². The van der Waals surface area contributed by atoms with Crippen molar-refractivity contribution in [2.45, 2.75) is 13.8 Å². The Kier molecular flexibility index (Phi) is 4.58. The van der Waals surface area contributed by atoms with Crippen LogP contribution in [0.4, 0.5) is 0 Å².